The Kier molecular flexibility index (Phi) is 3.93. The molecule has 0 bridgehead atoms. The van der Waals surface area contributed by atoms with Gasteiger partial charge in [0.2, 0.25) is 5.91 Å². The molecule has 2 aliphatic rings. The van der Waals surface area contributed by atoms with Crippen molar-refractivity contribution < 1.29 is 9.90 Å². The second kappa shape index (κ2) is 6.10. The topological polar surface area (TPSA) is 86.9 Å². The van der Waals surface area contributed by atoms with E-state index in [1.54, 1.807) is 10.7 Å². The van der Waals surface area contributed by atoms with Crippen LogP contribution in [0.5, 0.6) is 0 Å². The first kappa shape index (κ1) is 15.5. The van der Waals surface area contributed by atoms with Gasteiger partial charge < -0.3 is 10.0 Å². The molecule has 2 aliphatic heterocycles. The van der Waals surface area contributed by atoms with Crippen LogP contribution in [-0.2, 0) is 11.3 Å². The Labute approximate surface area is 140 Å². The lowest BCUT2D eigenvalue weighted by atomic mass is 9.78. The van der Waals surface area contributed by atoms with E-state index in [0.717, 1.165) is 44.7 Å². The van der Waals surface area contributed by atoms with Gasteiger partial charge in [0.05, 0.1) is 18.6 Å². The van der Waals surface area contributed by atoms with Gasteiger partial charge in [-0.1, -0.05) is 0 Å². The van der Waals surface area contributed by atoms with Crippen LogP contribution in [0.25, 0.3) is 5.78 Å². The highest BCUT2D eigenvalue weighted by molar-refractivity contribution is 5.84. The third kappa shape index (κ3) is 2.65. The maximum atomic E-state index is 12.8. The number of amides is 1. The van der Waals surface area contributed by atoms with Gasteiger partial charge in [0.1, 0.15) is 0 Å². The average molecular weight is 330 g/mol. The highest BCUT2D eigenvalue weighted by Gasteiger charge is 2.48. The minimum absolute atomic E-state index is 0.0315. The van der Waals surface area contributed by atoms with Crippen molar-refractivity contribution >= 4 is 11.7 Å². The van der Waals surface area contributed by atoms with E-state index in [-0.39, 0.29) is 17.9 Å². The molecule has 0 radical (unpaired) electrons. The third-order valence-electron chi connectivity index (χ3n) is 5.15. The number of aliphatic hydroxyl groups is 1. The summed E-state index contributed by atoms with van der Waals surface area (Å²) in [6, 6.07) is 1.83. The second-order valence-corrected chi connectivity index (χ2v) is 6.75. The van der Waals surface area contributed by atoms with Crippen molar-refractivity contribution in [1.82, 2.24) is 29.4 Å². The molecule has 2 saturated heterocycles. The third-order valence-corrected chi connectivity index (χ3v) is 5.15. The second-order valence-electron chi connectivity index (χ2n) is 6.75. The summed E-state index contributed by atoms with van der Waals surface area (Å²) in [5.41, 5.74) is -0.287. The molecule has 8 nitrogen and oxygen atoms in total. The van der Waals surface area contributed by atoms with Crippen LogP contribution in [0.15, 0.2) is 18.5 Å². The van der Waals surface area contributed by atoms with Gasteiger partial charge in [-0.2, -0.15) is 4.98 Å². The number of piperidine rings is 1. The Hall–Kier alpha value is -2.06. The molecule has 24 heavy (non-hydrogen) atoms. The predicted molar refractivity (Wildman–Crippen MR) is 86.0 cm³/mol. The summed E-state index contributed by atoms with van der Waals surface area (Å²) in [6.45, 7) is 3.50. The molecule has 1 spiro atoms. The molecule has 1 N–H and O–H groups in total. The smallest absolute Gasteiger partial charge is 0.252 e. The largest absolute Gasteiger partial charge is 0.395 e. The zero-order chi connectivity index (χ0) is 16.6. The highest BCUT2D eigenvalue weighted by atomic mass is 16.3. The minimum Gasteiger partial charge on any atom is -0.395 e. The maximum Gasteiger partial charge on any atom is 0.252 e. The van der Waals surface area contributed by atoms with Crippen LogP contribution in [0.4, 0.5) is 0 Å². The number of aromatic nitrogens is 4. The van der Waals surface area contributed by atoms with E-state index in [2.05, 4.69) is 20.0 Å². The summed E-state index contributed by atoms with van der Waals surface area (Å²) >= 11 is 0. The maximum absolute atomic E-state index is 12.8. The number of rotatable bonds is 4. The Morgan fingerprint density at radius 2 is 2.21 bits per heavy atom. The fraction of sp³-hybridized carbons (Fsp3) is 0.625. The summed E-state index contributed by atoms with van der Waals surface area (Å²) in [4.78, 5) is 25.5. The molecule has 128 valence electrons. The van der Waals surface area contributed by atoms with E-state index in [1.807, 2.05) is 17.2 Å². The molecule has 2 aromatic heterocycles. The van der Waals surface area contributed by atoms with Crippen LogP contribution in [0.1, 0.15) is 25.1 Å². The van der Waals surface area contributed by atoms with Crippen LogP contribution in [-0.4, -0.2) is 73.2 Å². The molecule has 0 saturated carbocycles. The van der Waals surface area contributed by atoms with Crippen molar-refractivity contribution in [3.63, 3.8) is 0 Å². The Balaban J connectivity index is 1.46. The van der Waals surface area contributed by atoms with E-state index in [1.165, 1.54) is 0 Å². The highest BCUT2D eigenvalue weighted by Crippen LogP contribution is 2.40. The number of hydrogen-bond acceptors (Lipinski definition) is 6. The van der Waals surface area contributed by atoms with Crippen LogP contribution in [0, 0.1) is 5.41 Å². The minimum atomic E-state index is -0.287. The van der Waals surface area contributed by atoms with Crippen LogP contribution < -0.4 is 0 Å². The number of aliphatic hydroxyl groups excluding tert-OH is 1. The van der Waals surface area contributed by atoms with Gasteiger partial charge in [-0.25, -0.2) is 9.50 Å². The predicted octanol–water partition coefficient (Wildman–Crippen LogP) is -0.0689. The monoisotopic (exact) mass is 330 g/mol. The lowest BCUT2D eigenvalue weighted by molar-refractivity contribution is -0.146. The van der Waals surface area contributed by atoms with E-state index in [4.69, 9.17) is 5.11 Å². The van der Waals surface area contributed by atoms with Gasteiger partial charge in [-0.15, -0.1) is 5.10 Å². The van der Waals surface area contributed by atoms with Crippen LogP contribution in [0.3, 0.4) is 0 Å². The summed E-state index contributed by atoms with van der Waals surface area (Å²) in [5, 5.41) is 13.6. The van der Waals surface area contributed by atoms with Gasteiger partial charge in [0.15, 0.2) is 5.82 Å². The lowest BCUT2D eigenvalue weighted by Crippen LogP contribution is -2.50. The van der Waals surface area contributed by atoms with E-state index in [9.17, 15) is 4.79 Å². The van der Waals surface area contributed by atoms with Gasteiger partial charge in [-0.05, 0) is 31.9 Å². The van der Waals surface area contributed by atoms with E-state index < -0.39 is 0 Å². The number of β-amino-alcohol motifs (C(OH)–C–C–N with tert-alkyl or cyclic N) is 1. The number of likely N-dealkylation sites (tertiary alicyclic amines) is 2. The first-order chi connectivity index (χ1) is 11.7. The standard InChI is InChI=1S/C16H22N6O2/c23-10-9-21-6-1-3-16(14(21)24)4-8-20(12-16)11-13-18-15-17-5-2-7-22(15)19-13/h2,5,7,23H,1,3-4,6,8-12H2/t16-/m1/s1. The molecule has 1 amide bonds. The first-order valence-corrected chi connectivity index (χ1v) is 8.49. The molecule has 2 fully saturated rings. The van der Waals surface area contributed by atoms with Gasteiger partial charge in [0.25, 0.3) is 5.78 Å². The molecule has 0 aromatic carbocycles. The van der Waals surface area contributed by atoms with E-state index >= 15 is 0 Å². The van der Waals surface area contributed by atoms with Crippen molar-refractivity contribution in [1.29, 1.82) is 0 Å². The quantitative estimate of drug-likeness (QED) is 0.844. The molecular weight excluding hydrogens is 308 g/mol. The summed E-state index contributed by atoms with van der Waals surface area (Å²) < 4.78 is 1.68. The molecule has 8 heteroatoms. The van der Waals surface area contributed by atoms with Crippen LogP contribution >= 0.6 is 0 Å². The fourth-order valence-electron chi connectivity index (χ4n) is 4.00. The SMILES string of the molecule is O=C1N(CCO)CCC[C@]12CCN(Cc1nc3ncccn3n1)C2. The number of carbonyl (C=O) groups is 1. The van der Waals surface area contributed by atoms with Crippen molar-refractivity contribution in [2.45, 2.75) is 25.8 Å². The number of hydrogen-bond donors (Lipinski definition) is 1. The fourth-order valence-corrected chi connectivity index (χ4v) is 4.00. The molecule has 4 rings (SSSR count). The lowest BCUT2D eigenvalue weighted by Gasteiger charge is -2.39. The van der Waals surface area contributed by atoms with E-state index in [0.29, 0.717) is 18.9 Å². The number of fused-ring (bicyclic) bond motifs is 1. The zero-order valence-electron chi connectivity index (χ0n) is 13.6. The average Bonchev–Trinajstić information content (AvgIpc) is 3.17. The molecular formula is C16H22N6O2. The normalized spacial score (nSPS) is 25.2. The van der Waals surface area contributed by atoms with Gasteiger partial charge in [0, 0.05) is 32.0 Å². The van der Waals surface area contributed by atoms with Crippen molar-refractivity contribution in [3.8, 4) is 0 Å². The molecule has 1 atom stereocenters. The van der Waals surface area contributed by atoms with Crippen molar-refractivity contribution in [2.75, 3.05) is 32.8 Å². The van der Waals surface area contributed by atoms with Gasteiger partial charge >= 0.3 is 0 Å². The van der Waals surface area contributed by atoms with Gasteiger partial charge in [-0.3, -0.25) is 9.69 Å². The molecule has 0 aliphatic carbocycles. The first-order valence-electron chi connectivity index (χ1n) is 8.49. The number of carbonyl (C=O) groups excluding carboxylic acids is 1. The van der Waals surface area contributed by atoms with Crippen molar-refractivity contribution in [2.24, 2.45) is 5.41 Å². The molecule has 4 heterocycles. The van der Waals surface area contributed by atoms with Crippen molar-refractivity contribution in [3.05, 3.63) is 24.3 Å². The summed E-state index contributed by atoms with van der Waals surface area (Å²) in [6.07, 6.45) is 6.36. The summed E-state index contributed by atoms with van der Waals surface area (Å²) in [7, 11) is 0. The Morgan fingerprint density at radius 3 is 3.04 bits per heavy atom. The zero-order valence-corrected chi connectivity index (χ0v) is 13.6. The number of nitrogens with zero attached hydrogens (tertiary/aromatic N) is 6. The summed E-state index contributed by atoms with van der Waals surface area (Å²) in [5.74, 6) is 1.54. The van der Waals surface area contributed by atoms with Crippen LogP contribution in [0.2, 0.25) is 0 Å². The Morgan fingerprint density at radius 1 is 1.29 bits per heavy atom. The molecule has 0 unspecified atom stereocenters. The Bertz CT molecular complexity index is 712. The molecule has 2 aromatic rings.